The van der Waals surface area contributed by atoms with Crippen molar-refractivity contribution in [3.05, 3.63) is 81.8 Å². The molecule has 0 aliphatic heterocycles. The Balaban J connectivity index is 1.80. The quantitative estimate of drug-likeness (QED) is 0.539. The Morgan fingerprint density at radius 1 is 1.21 bits per heavy atom. The first-order chi connectivity index (χ1) is 13.4. The summed E-state index contributed by atoms with van der Waals surface area (Å²) in [5.41, 5.74) is 6.61. The molecule has 5 N–H and O–H groups in total. The Kier molecular flexibility index (Phi) is 5.25. The fourth-order valence-electron chi connectivity index (χ4n) is 2.71. The summed E-state index contributed by atoms with van der Waals surface area (Å²) in [6.07, 6.45) is 1.23. The molecular formula is C19H18FN5O3. The lowest BCUT2D eigenvalue weighted by atomic mass is 10.1. The molecule has 0 bridgehead atoms. The number of hydrogen-bond donors (Lipinski definition) is 4. The number of aromatic amines is 1. The number of primary amides is 1. The smallest absolute Gasteiger partial charge is 0.330 e. The van der Waals surface area contributed by atoms with Gasteiger partial charge < -0.3 is 21.4 Å². The number of imidazole rings is 1. The maximum atomic E-state index is 13.6. The summed E-state index contributed by atoms with van der Waals surface area (Å²) in [6, 6.07) is 10.4. The van der Waals surface area contributed by atoms with E-state index in [2.05, 4.69) is 15.6 Å². The number of amides is 3. The summed E-state index contributed by atoms with van der Waals surface area (Å²) in [7, 11) is 0. The maximum absolute atomic E-state index is 13.6. The lowest BCUT2D eigenvalue weighted by molar-refractivity contribution is 0.0993. The number of aromatic nitrogens is 2. The van der Waals surface area contributed by atoms with Crippen LogP contribution in [0.25, 0.3) is 5.69 Å². The Labute approximate surface area is 159 Å². The summed E-state index contributed by atoms with van der Waals surface area (Å²) in [5.74, 6) is -1.18. The highest BCUT2D eigenvalue weighted by Gasteiger charge is 2.15. The Morgan fingerprint density at radius 2 is 1.96 bits per heavy atom. The monoisotopic (exact) mass is 383 g/mol. The second-order valence-corrected chi connectivity index (χ2v) is 6.08. The first kappa shape index (κ1) is 18.9. The lowest BCUT2D eigenvalue weighted by Crippen LogP contribution is -2.28. The number of hydrogen-bond acceptors (Lipinski definition) is 3. The minimum Gasteiger partial charge on any atom is -0.364 e. The number of halogens is 1. The van der Waals surface area contributed by atoms with E-state index >= 15 is 0 Å². The van der Waals surface area contributed by atoms with Gasteiger partial charge in [0.2, 0.25) is 0 Å². The summed E-state index contributed by atoms with van der Waals surface area (Å²) >= 11 is 0. The molecule has 2 aromatic carbocycles. The van der Waals surface area contributed by atoms with Gasteiger partial charge in [-0.3, -0.25) is 9.36 Å². The average molecular weight is 383 g/mol. The molecule has 9 heteroatoms. The van der Waals surface area contributed by atoms with Gasteiger partial charge in [-0.25, -0.2) is 14.0 Å². The second kappa shape index (κ2) is 7.78. The van der Waals surface area contributed by atoms with E-state index in [0.29, 0.717) is 22.5 Å². The van der Waals surface area contributed by atoms with E-state index in [9.17, 15) is 18.8 Å². The normalized spacial score (nSPS) is 10.5. The minimum atomic E-state index is -0.765. The highest BCUT2D eigenvalue weighted by molar-refractivity contribution is 5.92. The van der Waals surface area contributed by atoms with Crippen LogP contribution >= 0.6 is 0 Å². The Morgan fingerprint density at radius 3 is 2.68 bits per heavy atom. The van der Waals surface area contributed by atoms with Gasteiger partial charge in [0.1, 0.15) is 11.5 Å². The number of anilines is 1. The van der Waals surface area contributed by atoms with Crippen molar-refractivity contribution in [2.24, 2.45) is 5.73 Å². The molecule has 0 radical (unpaired) electrons. The van der Waals surface area contributed by atoms with E-state index in [0.717, 1.165) is 4.57 Å². The number of urea groups is 1. The number of rotatable bonds is 5. The lowest BCUT2D eigenvalue weighted by Gasteiger charge is -2.12. The summed E-state index contributed by atoms with van der Waals surface area (Å²) < 4.78 is 14.8. The van der Waals surface area contributed by atoms with Crippen molar-refractivity contribution < 1.29 is 14.0 Å². The summed E-state index contributed by atoms with van der Waals surface area (Å²) in [4.78, 5) is 38.2. The van der Waals surface area contributed by atoms with E-state index in [-0.39, 0.29) is 12.2 Å². The maximum Gasteiger partial charge on any atom is 0.330 e. The van der Waals surface area contributed by atoms with Gasteiger partial charge in [0, 0.05) is 24.0 Å². The molecule has 3 rings (SSSR count). The average Bonchev–Trinajstić information content (AvgIpc) is 3.04. The molecule has 0 atom stereocenters. The van der Waals surface area contributed by atoms with Gasteiger partial charge in [0.05, 0.1) is 5.69 Å². The van der Waals surface area contributed by atoms with E-state index in [1.54, 1.807) is 43.3 Å². The van der Waals surface area contributed by atoms with Crippen LogP contribution in [0.5, 0.6) is 0 Å². The Bertz CT molecular complexity index is 1100. The topological polar surface area (TPSA) is 122 Å². The number of carbonyl (C=O) groups excluding carboxylic acids is 2. The third-order valence-corrected chi connectivity index (χ3v) is 4.13. The molecule has 28 heavy (non-hydrogen) atoms. The molecule has 0 aliphatic rings. The van der Waals surface area contributed by atoms with Crippen LogP contribution in [0.15, 0.2) is 53.5 Å². The van der Waals surface area contributed by atoms with Crippen molar-refractivity contribution in [1.82, 2.24) is 14.9 Å². The third-order valence-electron chi connectivity index (χ3n) is 4.13. The number of nitrogens with one attached hydrogen (secondary N) is 3. The van der Waals surface area contributed by atoms with Crippen LogP contribution in [-0.4, -0.2) is 21.5 Å². The van der Waals surface area contributed by atoms with Gasteiger partial charge in [0.25, 0.3) is 5.91 Å². The van der Waals surface area contributed by atoms with Crippen molar-refractivity contribution in [3.63, 3.8) is 0 Å². The number of nitrogens with zero attached hydrogens (tertiary/aromatic N) is 1. The van der Waals surface area contributed by atoms with Crippen molar-refractivity contribution in [3.8, 4) is 5.69 Å². The van der Waals surface area contributed by atoms with E-state index < -0.39 is 23.4 Å². The van der Waals surface area contributed by atoms with Crippen LogP contribution < -0.4 is 22.1 Å². The van der Waals surface area contributed by atoms with Crippen LogP contribution in [0.4, 0.5) is 14.9 Å². The number of carbonyl (C=O) groups is 2. The van der Waals surface area contributed by atoms with Gasteiger partial charge in [-0.05, 0) is 30.7 Å². The molecule has 0 saturated heterocycles. The van der Waals surface area contributed by atoms with Crippen molar-refractivity contribution in [1.29, 1.82) is 0 Å². The highest BCUT2D eigenvalue weighted by atomic mass is 19.1. The largest absolute Gasteiger partial charge is 0.364 e. The number of aryl methyl sites for hydroxylation is 1. The molecule has 1 heterocycles. The molecule has 0 spiro atoms. The number of benzene rings is 2. The van der Waals surface area contributed by atoms with Gasteiger partial charge >= 0.3 is 11.7 Å². The minimum absolute atomic E-state index is 0.00532. The molecule has 144 valence electrons. The predicted molar refractivity (Wildman–Crippen MR) is 102 cm³/mol. The van der Waals surface area contributed by atoms with Crippen molar-refractivity contribution >= 4 is 17.6 Å². The fourth-order valence-corrected chi connectivity index (χ4v) is 2.71. The van der Waals surface area contributed by atoms with Crippen molar-refractivity contribution in [2.45, 2.75) is 13.5 Å². The Hall–Kier alpha value is -3.88. The van der Waals surface area contributed by atoms with Crippen LogP contribution in [0, 0.1) is 12.7 Å². The van der Waals surface area contributed by atoms with Crippen molar-refractivity contribution in [2.75, 3.05) is 5.32 Å². The summed E-state index contributed by atoms with van der Waals surface area (Å²) in [5, 5.41) is 5.17. The van der Waals surface area contributed by atoms with E-state index in [1.807, 2.05) is 0 Å². The highest BCUT2D eigenvalue weighted by Crippen LogP contribution is 2.19. The molecule has 0 unspecified atom stereocenters. The molecule has 3 amide bonds. The van der Waals surface area contributed by atoms with Crippen LogP contribution in [-0.2, 0) is 6.54 Å². The first-order valence-electron chi connectivity index (χ1n) is 8.36. The zero-order chi connectivity index (χ0) is 20.3. The first-order valence-corrected chi connectivity index (χ1v) is 8.36. The molecule has 8 nitrogen and oxygen atoms in total. The molecule has 3 aromatic rings. The zero-order valence-corrected chi connectivity index (χ0v) is 15.0. The molecular weight excluding hydrogens is 365 g/mol. The van der Waals surface area contributed by atoms with Gasteiger partial charge in [0.15, 0.2) is 0 Å². The molecule has 1 aromatic heterocycles. The number of nitrogens with two attached hydrogens (primary N) is 1. The fraction of sp³-hybridized carbons (Fsp3) is 0.105. The van der Waals surface area contributed by atoms with E-state index in [1.165, 1.54) is 12.3 Å². The number of H-pyrrole nitrogens is 1. The van der Waals surface area contributed by atoms with Crippen LogP contribution in [0.2, 0.25) is 0 Å². The van der Waals surface area contributed by atoms with Crippen LogP contribution in [0.1, 0.15) is 21.6 Å². The SMILES string of the molecule is Cc1ccc(NC(=O)NCc2ccccc2F)cc1-n1c(C(N)=O)c[nH]c1=O. The predicted octanol–water partition coefficient (Wildman–Crippen LogP) is 2.03. The van der Waals surface area contributed by atoms with Gasteiger partial charge in [-0.1, -0.05) is 24.3 Å². The van der Waals surface area contributed by atoms with Crippen LogP contribution in [0.3, 0.4) is 0 Å². The second-order valence-electron chi connectivity index (χ2n) is 6.08. The van der Waals surface area contributed by atoms with Gasteiger partial charge in [-0.2, -0.15) is 0 Å². The molecule has 0 fully saturated rings. The third kappa shape index (κ3) is 3.93. The standard InChI is InChI=1S/C19H18FN5O3/c1-11-6-7-13(8-15(11)25-16(17(21)26)10-23-19(25)28)24-18(27)22-9-12-4-2-3-5-14(12)20/h2-8,10H,9H2,1H3,(H2,21,26)(H,23,28)(H2,22,24,27). The van der Waals surface area contributed by atoms with E-state index in [4.69, 9.17) is 5.73 Å². The summed E-state index contributed by atoms with van der Waals surface area (Å²) in [6.45, 7) is 1.77. The molecule has 0 aliphatic carbocycles. The van der Waals surface area contributed by atoms with Gasteiger partial charge in [-0.15, -0.1) is 0 Å². The zero-order valence-electron chi connectivity index (χ0n) is 15.0. The molecule has 0 saturated carbocycles.